The van der Waals surface area contributed by atoms with Crippen LogP contribution in [0.2, 0.25) is 0 Å². The first-order chi connectivity index (χ1) is 7.75. The topological polar surface area (TPSA) is 12.9 Å². The molecule has 2 rings (SSSR count). The van der Waals surface area contributed by atoms with Crippen molar-refractivity contribution >= 4 is 27.7 Å². The molecule has 0 unspecified atom stereocenters. The van der Waals surface area contributed by atoms with Crippen molar-refractivity contribution in [3.63, 3.8) is 0 Å². The van der Waals surface area contributed by atoms with Gasteiger partial charge in [0.2, 0.25) is 0 Å². The van der Waals surface area contributed by atoms with Crippen molar-refractivity contribution in [2.24, 2.45) is 0 Å². The number of thioether (sulfide) groups is 1. The molecule has 0 fully saturated rings. The molecular weight excluding hydrogens is 282 g/mol. The Morgan fingerprint density at radius 3 is 2.81 bits per heavy atom. The third-order valence-corrected chi connectivity index (χ3v) is 3.93. The Balaban J connectivity index is 2.05. The number of pyridine rings is 1. The summed E-state index contributed by atoms with van der Waals surface area (Å²) < 4.78 is 1.04. The summed E-state index contributed by atoms with van der Waals surface area (Å²) in [5.74, 6) is 0.956. The van der Waals surface area contributed by atoms with E-state index >= 15 is 0 Å². The molecule has 0 aliphatic carbocycles. The van der Waals surface area contributed by atoms with E-state index in [1.807, 2.05) is 24.2 Å². The maximum Gasteiger partial charge on any atom is 0.0410 e. The summed E-state index contributed by atoms with van der Waals surface area (Å²) in [5, 5.41) is 0. The molecule has 0 atom stereocenters. The predicted octanol–water partition coefficient (Wildman–Crippen LogP) is 4.44. The highest BCUT2D eigenvalue weighted by molar-refractivity contribution is 9.10. The summed E-state index contributed by atoms with van der Waals surface area (Å²) in [4.78, 5) is 5.49. The molecule has 0 bridgehead atoms. The fourth-order valence-corrected chi connectivity index (χ4v) is 2.78. The van der Waals surface area contributed by atoms with Crippen molar-refractivity contribution < 1.29 is 0 Å². The first-order valence-electron chi connectivity index (χ1n) is 5.03. The van der Waals surface area contributed by atoms with Gasteiger partial charge in [-0.3, -0.25) is 4.98 Å². The van der Waals surface area contributed by atoms with Crippen molar-refractivity contribution in [3.05, 3.63) is 58.3 Å². The Labute approximate surface area is 108 Å². The summed E-state index contributed by atoms with van der Waals surface area (Å²) in [5.41, 5.74) is 2.57. The Kier molecular flexibility index (Phi) is 4.02. The second-order valence-corrected chi connectivity index (χ2v) is 5.50. The zero-order chi connectivity index (χ0) is 11.4. The van der Waals surface area contributed by atoms with Crippen LogP contribution in [0.25, 0.3) is 0 Å². The molecule has 82 valence electrons. The van der Waals surface area contributed by atoms with Crippen LogP contribution < -0.4 is 0 Å². The number of hydrogen-bond acceptors (Lipinski definition) is 2. The molecule has 16 heavy (non-hydrogen) atoms. The molecular formula is C13H12BrNS. The molecule has 0 aliphatic heterocycles. The Morgan fingerprint density at radius 1 is 1.25 bits per heavy atom. The highest BCUT2D eigenvalue weighted by Crippen LogP contribution is 2.26. The maximum atomic E-state index is 4.16. The molecule has 3 heteroatoms. The van der Waals surface area contributed by atoms with Crippen LogP contribution in [0.3, 0.4) is 0 Å². The molecule has 0 saturated heterocycles. The Bertz CT molecular complexity index is 485. The normalized spacial score (nSPS) is 10.4. The zero-order valence-electron chi connectivity index (χ0n) is 8.98. The summed E-state index contributed by atoms with van der Waals surface area (Å²) in [6.07, 6.45) is 3.72. The number of hydrogen-bond donors (Lipinski definition) is 0. The van der Waals surface area contributed by atoms with Crippen LogP contribution in [0.15, 0.2) is 52.1 Å². The average molecular weight is 294 g/mol. The SMILES string of the molecule is Cc1ccccc1SCc1cncc(Br)c1. The van der Waals surface area contributed by atoms with Crippen LogP contribution in [0.5, 0.6) is 0 Å². The second kappa shape index (κ2) is 5.51. The monoisotopic (exact) mass is 293 g/mol. The molecule has 0 N–H and O–H groups in total. The average Bonchev–Trinajstić information content (AvgIpc) is 2.28. The van der Waals surface area contributed by atoms with E-state index in [-0.39, 0.29) is 0 Å². The van der Waals surface area contributed by atoms with Crippen molar-refractivity contribution in [1.29, 1.82) is 0 Å². The zero-order valence-corrected chi connectivity index (χ0v) is 11.4. The molecule has 1 aromatic carbocycles. The molecule has 0 aliphatic rings. The molecule has 2 aromatic rings. The summed E-state index contributed by atoms with van der Waals surface area (Å²) in [6, 6.07) is 10.6. The molecule has 1 nitrogen and oxygen atoms in total. The largest absolute Gasteiger partial charge is 0.263 e. The third-order valence-electron chi connectivity index (χ3n) is 2.25. The second-order valence-electron chi connectivity index (χ2n) is 3.57. The van der Waals surface area contributed by atoms with Gasteiger partial charge in [0.25, 0.3) is 0 Å². The minimum atomic E-state index is 0.956. The lowest BCUT2D eigenvalue weighted by Crippen LogP contribution is -1.84. The van der Waals surface area contributed by atoms with Crippen LogP contribution in [0.4, 0.5) is 0 Å². The van der Waals surface area contributed by atoms with E-state index in [0.29, 0.717) is 0 Å². The van der Waals surface area contributed by atoms with Gasteiger partial charge in [-0.05, 0) is 46.1 Å². The molecule has 1 heterocycles. The molecule has 0 saturated carbocycles. The molecule has 0 radical (unpaired) electrons. The third kappa shape index (κ3) is 3.09. The fourth-order valence-electron chi connectivity index (χ4n) is 1.41. The summed E-state index contributed by atoms with van der Waals surface area (Å²) in [6.45, 7) is 2.14. The number of nitrogens with zero attached hydrogens (tertiary/aromatic N) is 1. The van der Waals surface area contributed by atoms with Gasteiger partial charge in [-0.25, -0.2) is 0 Å². The van der Waals surface area contributed by atoms with Crippen molar-refractivity contribution in [3.8, 4) is 0 Å². The number of aryl methyl sites for hydroxylation is 1. The minimum absolute atomic E-state index is 0.956. The van der Waals surface area contributed by atoms with E-state index < -0.39 is 0 Å². The van der Waals surface area contributed by atoms with E-state index in [2.05, 4.69) is 58.2 Å². The van der Waals surface area contributed by atoms with E-state index in [4.69, 9.17) is 0 Å². The molecule has 1 aromatic heterocycles. The summed E-state index contributed by atoms with van der Waals surface area (Å²) >= 11 is 5.28. The molecule has 0 spiro atoms. The lowest BCUT2D eigenvalue weighted by atomic mass is 10.2. The first-order valence-corrected chi connectivity index (χ1v) is 6.81. The summed E-state index contributed by atoms with van der Waals surface area (Å²) in [7, 11) is 0. The lowest BCUT2D eigenvalue weighted by Gasteiger charge is -2.05. The van der Waals surface area contributed by atoms with Gasteiger partial charge in [0.15, 0.2) is 0 Å². The van der Waals surface area contributed by atoms with E-state index in [9.17, 15) is 0 Å². The lowest BCUT2D eigenvalue weighted by molar-refractivity contribution is 1.23. The number of aromatic nitrogens is 1. The van der Waals surface area contributed by atoms with E-state index in [1.165, 1.54) is 16.0 Å². The van der Waals surface area contributed by atoms with Crippen LogP contribution in [0.1, 0.15) is 11.1 Å². The van der Waals surface area contributed by atoms with Gasteiger partial charge in [0.1, 0.15) is 0 Å². The number of rotatable bonds is 3. The highest BCUT2D eigenvalue weighted by Gasteiger charge is 2.00. The van der Waals surface area contributed by atoms with Gasteiger partial charge in [-0.15, -0.1) is 11.8 Å². The smallest absolute Gasteiger partial charge is 0.0410 e. The van der Waals surface area contributed by atoms with Gasteiger partial charge in [0, 0.05) is 27.5 Å². The Morgan fingerprint density at radius 2 is 2.06 bits per heavy atom. The van der Waals surface area contributed by atoms with Crippen LogP contribution >= 0.6 is 27.7 Å². The quantitative estimate of drug-likeness (QED) is 0.776. The predicted molar refractivity (Wildman–Crippen MR) is 72.7 cm³/mol. The van der Waals surface area contributed by atoms with Crippen LogP contribution in [-0.2, 0) is 5.75 Å². The Hall–Kier alpha value is -0.800. The van der Waals surface area contributed by atoms with Gasteiger partial charge < -0.3 is 0 Å². The van der Waals surface area contributed by atoms with Crippen molar-refractivity contribution in [1.82, 2.24) is 4.98 Å². The number of benzene rings is 1. The van der Waals surface area contributed by atoms with Gasteiger partial charge in [0.05, 0.1) is 0 Å². The van der Waals surface area contributed by atoms with Crippen LogP contribution in [0, 0.1) is 6.92 Å². The fraction of sp³-hybridized carbons (Fsp3) is 0.154. The molecule has 0 amide bonds. The van der Waals surface area contributed by atoms with Crippen molar-refractivity contribution in [2.75, 3.05) is 0 Å². The van der Waals surface area contributed by atoms with Gasteiger partial charge in [-0.2, -0.15) is 0 Å². The number of halogens is 1. The minimum Gasteiger partial charge on any atom is -0.263 e. The van der Waals surface area contributed by atoms with E-state index in [1.54, 1.807) is 0 Å². The first kappa shape index (κ1) is 11.7. The van der Waals surface area contributed by atoms with Gasteiger partial charge in [-0.1, -0.05) is 18.2 Å². The standard InChI is InChI=1S/C13H12BrNS/c1-10-4-2-3-5-13(10)16-9-11-6-12(14)8-15-7-11/h2-8H,9H2,1H3. The van der Waals surface area contributed by atoms with Crippen LogP contribution in [-0.4, -0.2) is 4.98 Å². The highest BCUT2D eigenvalue weighted by atomic mass is 79.9. The van der Waals surface area contributed by atoms with E-state index in [0.717, 1.165) is 10.2 Å². The van der Waals surface area contributed by atoms with Crippen molar-refractivity contribution in [2.45, 2.75) is 17.6 Å². The van der Waals surface area contributed by atoms with Gasteiger partial charge >= 0.3 is 0 Å². The maximum absolute atomic E-state index is 4.16.